The Balaban J connectivity index is 1.91. The number of hydrogen-bond donors (Lipinski definition) is 1. The van der Waals surface area contributed by atoms with Gasteiger partial charge in [-0.1, -0.05) is 19.8 Å². The van der Waals surface area contributed by atoms with E-state index in [1.807, 2.05) is 0 Å². The predicted octanol–water partition coefficient (Wildman–Crippen LogP) is 3.13. The number of carbonyl (C=O) groups excluding carboxylic acids is 1. The lowest BCUT2D eigenvalue weighted by Crippen LogP contribution is -2.51. The summed E-state index contributed by atoms with van der Waals surface area (Å²) in [5.41, 5.74) is -0.402. The summed E-state index contributed by atoms with van der Waals surface area (Å²) >= 11 is 2.13. The number of ether oxygens (including phenoxy) is 1. The van der Waals surface area contributed by atoms with Gasteiger partial charge >= 0.3 is 5.97 Å². The third kappa shape index (κ3) is 3.66. The maximum Gasteiger partial charge on any atom is 0.326 e. The summed E-state index contributed by atoms with van der Waals surface area (Å²) < 4.78 is 5.04. The zero-order valence-electron chi connectivity index (χ0n) is 12.2. The molecule has 2 aliphatic rings. The van der Waals surface area contributed by atoms with Gasteiger partial charge in [-0.2, -0.15) is 11.8 Å². The van der Waals surface area contributed by atoms with Crippen LogP contribution in [0.2, 0.25) is 0 Å². The molecule has 0 amide bonds. The number of methoxy groups -OCH3 is 1. The van der Waals surface area contributed by atoms with Crippen LogP contribution in [0.25, 0.3) is 0 Å². The van der Waals surface area contributed by atoms with E-state index < -0.39 is 5.54 Å². The number of rotatable bonds is 6. The van der Waals surface area contributed by atoms with Crippen LogP contribution in [0.4, 0.5) is 0 Å². The van der Waals surface area contributed by atoms with Crippen LogP contribution in [0, 0.1) is 0 Å². The van der Waals surface area contributed by atoms with Crippen LogP contribution in [-0.2, 0) is 9.53 Å². The molecule has 2 rings (SSSR count). The van der Waals surface area contributed by atoms with Gasteiger partial charge in [-0.25, -0.2) is 0 Å². The second-order valence-corrected chi connectivity index (χ2v) is 7.51. The molecule has 110 valence electrons. The molecule has 0 bridgehead atoms. The topological polar surface area (TPSA) is 38.3 Å². The summed E-state index contributed by atoms with van der Waals surface area (Å²) in [6, 6.07) is 0. The lowest BCUT2D eigenvalue weighted by molar-refractivity contribution is -0.148. The first-order valence-electron chi connectivity index (χ1n) is 7.69. The Morgan fingerprint density at radius 2 is 2.05 bits per heavy atom. The van der Waals surface area contributed by atoms with Crippen molar-refractivity contribution < 1.29 is 9.53 Å². The molecular formula is C15H27NO2S. The van der Waals surface area contributed by atoms with Crippen molar-refractivity contribution in [2.24, 2.45) is 0 Å². The molecule has 19 heavy (non-hydrogen) atoms. The Kier molecular flexibility index (Phi) is 5.58. The minimum Gasteiger partial charge on any atom is -0.468 e. The molecule has 0 aromatic rings. The number of hydrogen-bond acceptors (Lipinski definition) is 4. The highest BCUT2D eigenvalue weighted by Gasteiger charge is 2.46. The van der Waals surface area contributed by atoms with Gasteiger partial charge in [-0.3, -0.25) is 4.79 Å². The molecule has 0 aliphatic heterocycles. The molecule has 0 heterocycles. The standard InChI is InChI=1S/C15H27NO2S/c1-3-10-16-15(14(17)18-2)9-8-13(11-15)19-12-6-4-5-7-12/h12-13,16H,3-11H2,1-2H3. The molecule has 2 unspecified atom stereocenters. The van der Waals surface area contributed by atoms with E-state index in [1.165, 1.54) is 32.8 Å². The highest BCUT2D eigenvalue weighted by Crippen LogP contribution is 2.42. The van der Waals surface area contributed by atoms with Crippen molar-refractivity contribution in [3.05, 3.63) is 0 Å². The third-order valence-corrected chi connectivity index (χ3v) is 6.09. The lowest BCUT2D eigenvalue weighted by atomic mass is 9.97. The van der Waals surface area contributed by atoms with E-state index in [4.69, 9.17) is 4.74 Å². The van der Waals surface area contributed by atoms with Crippen LogP contribution in [0.1, 0.15) is 58.3 Å². The molecule has 0 aromatic heterocycles. The molecular weight excluding hydrogens is 258 g/mol. The van der Waals surface area contributed by atoms with Gasteiger partial charge in [0.15, 0.2) is 0 Å². The first-order chi connectivity index (χ1) is 9.20. The van der Waals surface area contributed by atoms with Crippen molar-refractivity contribution in [1.29, 1.82) is 0 Å². The maximum absolute atomic E-state index is 12.1. The Morgan fingerprint density at radius 1 is 1.32 bits per heavy atom. The summed E-state index contributed by atoms with van der Waals surface area (Å²) in [6.07, 6.45) is 9.60. The predicted molar refractivity (Wildman–Crippen MR) is 80.5 cm³/mol. The molecule has 3 nitrogen and oxygen atoms in total. The molecule has 2 fully saturated rings. The van der Waals surface area contributed by atoms with Crippen LogP contribution in [0.15, 0.2) is 0 Å². The van der Waals surface area contributed by atoms with Gasteiger partial charge in [0.2, 0.25) is 0 Å². The Bertz CT molecular complexity index is 305. The molecule has 0 saturated heterocycles. The number of esters is 1. The first-order valence-corrected chi connectivity index (χ1v) is 8.63. The summed E-state index contributed by atoms with van der Waals surface area (Å²) in [7, 11) is 1.51. The smallest absolute Gasteiger partial charge is 0.326 e. The van der Waals surface area contributed by atoms with E-state index in [2.05, 4.69) is 24.0 Å². The van der Waals surface area contributed by atoms with Crippen molar-refractivity contribution in [3.8, 4) is 0 Å². The largest absolute Gasteiger partial charge is 0.468 e. The molecule has 1 N–H and O–H groups in total. The van der Waals surface area contributed by atoms with Crippen molar-refractivity contribution in [1.82, 2.24) is 5.32 Å². The summed E-state index contributed by atoms with van der Waals surface area (Å²) in [6.45, 7) is 3.04. The fourth-order valence-corrected chi connectivity index (χ4v) is 5.18. The van der Waals surface area contributed by atoms with E-state index in [0.29, 0.717) is 5.25 Å². The van der Waals surface area contributed by atoms with E-state index in [-0.39, 0.29) is 5.97 Å². The van der Waals surface area contributed by atoms with Crippen LogP contribution < -0.4 is 5.32 Å². The maximum atomic E-state index is 12.1. The number of carbonyl (C=O) groups is 1. The van der Waals surface area contributed by atoms with Gasteiger partial charge in [0.25, 0.3) is 0 Å². The van der Waals surface area contributed by atoms with Crippen LogP contribution in [0.5, 0.6) is 0 Å². The number of thioether (sulfide) groups is 1. The van der Waals surface area contributed by atoms with Crippen LogP contribution >= 0.6 is 11.8 Å². The Morgan fingerprint density at radius 3 is 2.68 bits per heavy atom. The molecule has 2 saturated carbocycles. The Hall–Kier alpha value is -0.220. The average Bonchev–Trinajstić information content (AvgIpc) is 3.07. The van der Waals surface area contributed by atoms with Crippen LogP contribution in [-0.4, -0.2) is 35.7 Å². The summed E-state index contributed by atoms with van der Waals surface area (Å²) in [4.78, 5) is 12.1. The normalized spacial score (nSPS) is 31.8. The summed E-state index contributed by atoms with van der Waals surface area (Å²) in [5, 5.41) is 4.93. The van der Waals surface area contributed by atoms with Gasteiger partial charge in [0.05, 0.1) is 7.11 Å². The zero-order chi connectivity index (χ0) is 13.7. The SMILES string of the molecule is CCCNC1(C(=O)OC)CCC(SC2CCCC2)C1. The van der Waals surface area contributed by atoms with Crippen molar-refractivity contribution in [2.45, 2.75) is 74.3 Å². The van der Waals surface area contributed by atoms with E-state index in [9.17, 15) is 4.79 Å². The second-order valence-electron chi connectivity index (χ2n) is 5.91. The average molecular weight is 285 g/mol. The van der Waals surface area contributed by atoms with Gasteiger partial charge in [0, 0.05) is 10.5 Å². The molecule has 2 atom stereocenters. The molecule has 0 aromatic carbocycles. The quantitative estimate of drug-likeness (QED) is 0.761. The van der Waals surface area contributed by atoms with Gasteiger partial charge in [-0.15, -0.1) is 0 Å². The van der Waals surface area contributed by atoms with E-state index in [0.717, 1.165) is 37.5 Å². The molecule has 2 aliphatic carbocycles. The Labute approximate surface area is 121 Å². The number of nitrogens with one attached hydrogen (secondary N) is 1. The minimum absolute atomic E-state index is 0.0597. The van der Waals surface area contributed by atoms with Gasteiger partial charge < -0.3 is 10.1 Å². The highest BCUT2D eigenvalue weighted by atomic mass is 32.2. The van der Waals surface area contributed by atoms with Crippen molar-refractivity contribution in [2.75, 3.05) is 13.7 Å². The fourth-order valence-electron chi connectivity index (χ4n) is 3.39. The monoisotopic (exact) mass is 285 g/mol. The van der Waals surface area contributed by atoms with Gasteiger partial charge in [0.1, 0.15) is 5.54 Å². The van der Waals surface area contributed by atoms with Gasteiger partial charge in [-0.05, 0) is 45.1 Å². The van der Waals surface area contributed by atoms with Crippen LogP contribution in [0.3, 0.4) is 0 Å². The van der Waals surface area contributed by atoms with E-state index in [1.54, 1.807) is 0 Å². The fraction of sp³-hybridized carbons (Fsp3) is 0.933. The minimum atomic E-state index is -0.402. The lowest BCUT2D eigenvalue weighted by Gasteiger charge is -2.28. The van der Waals surface area contributed by atoms with Crippen molar-refractivity contribution in [3.63, 3.8) is 0 Å². The molecule has 0 spiro atoms. The van der Waals surface area contributed by atoms with Crippen molar-refractivity contribution >= 4 is 17.7 Å². The first kappa shape index (κ1) is 15.2. The third-order valence-electron chi connectivity index (χ3n) is 4.45. The zero-order valence-corrected chi connectivity index (χ0v) is 13.1. The molecule has 0 radical (unpaired) electrons. The second kappa shape index (κ2) is 6.98. The highest BCUT2D eigenvalue weighted by molar-refractivity contribution is 8.00. The van der Waals surface area contributed by atoms with E-state index >= 15 is 0 Å². The summed E-state index contributed by atoms with van der Waals surface area (Å²) in [5.74, 6) is -0.0597. The molecule has 4 heteroatoms.